The smallest absolute Gasteiger partial charge is 0.333 e. The molecule has 2 aromatic rings. The molecule has 3 rings (SSSR count). The molecule has 208 valence electrons. The summed E-state index contributed by atoms with van der Waals surface area (Å²) in [6.07, 6.45) is 4.32. The number of nitrogens with zero attached hydrogens (tertiary/aromatic N) is 1. The van der Waals surface area contributed by atoms with Gasteiger partial charge in [0.1, 0.15) is 18.1 Å². The minimum absolute atomic E-state index is 0.0997. The quantitative estimate of drug-likeness (QED) is 0.263. The molecule has 0 aromatic heterocycles. The maximum absolute atomic E-state index is 13.0. The number of aliphatic carboxylic acids is 1. The van der Waals surface area contributed by atoms with Crippen molar-refractivity contribution in [3.05, 3.63) is 58.1 Å². The minimum atomic E-state index is -0.982. The van der Waals surface area contributed by atoms with E-state index in [1.807, 2.05) is 12.1 Å². The molecule has 0 radical (unpaired) electrons. The van der Waals surface area contributed by atoms with Crippen LogP contribution >= 0.6 is 23.2 Å². The molecule has 1 fully saturated rings. The zero-order valence-corrected chi connectivity index (χ0v) is 23.2. The number of carbonyl (C=O) groups excluding carboxylic acids is 1. The van der Waals surface area contributed by atoms with Crippen LogP contribution < -0.4 is 14.8 Å². The first-order valence-electron chi connectivity index (χ1n) is 13.0. The average Bonchev–Trinajstić information content (AvgIpc) is 3.38. The molecule has 8 nitrogen and oxygen atoms in total. The maximum atomic E-state index is 13.0. The number of amides is 2. The van der Waals surface area contributed by atoms with Gasteiger partial charge in [0.25, 0.3) is 0 Å². The molecule has 1 saturated carbocycles. The number of hydrogen-bond donors (Lipinski definition) is 2. The molecule has 2 amide bonds. The molecule has 0 heterocycles. The van der Waals surface area contributed by atoms with Crippen LogP contribution in [-0.4, -0.2) is 67.1 Å². The third-order valence-corrected chi connectivity index (χ3v) is 6.70. The summed E-state index contributed by atoms with van der Waals surface area (Å²) in [6.45, 7) is 3.75. The van der Waals surface area contributed by atoms with Crippen molar-refractivity contribution in [2.75, 3.05) is 32.9 Å². The van der Waals surface area contributed by atoms with Gasteiger partial charge >= 0.3 is 12.0 Å². The van der Waals surface area contributed by atoms with Crippen molar-refractivity contribution in [3.63, 3.8) is 0 Å². The molecule has 10 heteroatoms. The Hall–Kier alpha value is -2.68. The van der Waals surface area contributed by atoms with Crippen molar-refractivity contribution >= 4 is 35.2 Å². The predicted octanol–water partition coefficient (Wildman–Crippen LogP) is 5.83. The van der Waals surface area contributed by atoms with E-state index in [1.54, 1.807) is 42.2 Å². The van der Waals surface area contributed by atoms with Crippen LogP contribution in [0.5, 0.6) is 11.5 Å². The lowest BCUT2D eigenvalue weighted by Crippen LogP contribution is -2.46. The molecule has 0 aliphatic heterocycles. The molecule has 1 aliphatic rings. The van der Waals surface area contributed by atoms with Crippen molar-refractivity contribution in [1.29, 1.82) is 0 Å². The molecular formula is C28H36Cl2N2O6. The first-order valence-corrected chi connectivity index (χ1v) is 13.8. The zero-order valence-electron chi connectivity index (χ0n) is 21.7. The van der Waals surface area contributed by atoms with E-state index in [0.29, 0.717) is 60.9 Å². The Kier molecular flexibility index (Phi) is 12.3. The SMILES string of the molecule is CCOC(Cc1ccc(OCCN(CCCOc2cc(Cl)cc(Cl)c2)C(=O)NC2CCCC2)cc1)C(=O)O. The summed E-state index contributed by atoms with van der Waals surface area (Å²) in [5.41, 5.74) is 0.844. The number of carbonyl (C=O) groups is 2. The minimum Gasteiger partial charge on any atom is -0.493 e. The molecule has 1 aliphatic carbocycles. The topological polar surface area (TPSA) is 97.3 Å². The van der Waals surface area contributed by atoms with Gasteiger partial charge in [-0.15, -0.1) is 0 Å². The summed E-state index contributed by atoms with van der Waals surface area (Å²) < 4.78 is 16.9. The average molecular weight is 568 g/mol. The van der Waals surface area contributed by atoms with E-state index < -0.39 is 12.1 Å². The Morgan fingerprint density at radius 1 is 1.00 bits per heavy atom. The monoisotopic (exact) mass is 566 g/mol. The summed E-state index contributed by atoms with van der Waals surface area (Å²) in [7, 11) is 0. The Bertz CT molecular complexity index is 1010. The molecule has 38 heavy (non-hydrogen) atoms. The van der Waals surface area contributed by atoms with Gasteiger partial charge in [-0.25, -0.2) is 9.59 Å². The lowest BCUT2D eigenvalue weighted by Gasteiger charge is -2.25. The van der Waals surface area contributed by atoms with Gasteiger partial charge in [0.15, 0.2) is 6.10 Å². The van der Waals surface area contributed by atoms with E-state index in [0.717, 1.165) is 31.2 Å². The van der Waals surface area contributed by atoms with E-state index >= 15 is 0 Å². The van der Waals surface area contributed by atoms with Gasteiger partial charge in [-0.1, -0.05) is 48.2 Å². The van der Waals surface area contributed by atoms with Crippen LogP contribution in [0, 0.1) is 0 Å². The van der Waals surface area contributed by atoms with Crippen LogP contribution in [0.1, 0.15) is 44.6 Å². The van der Waals surface area contributed by atoms with Crippen molar-refractivity contribution < 1.29 is 28.9 Å². The van der Waals surface area contributed by atoms with Gasteiger partial charge < -0.3 is 29.5 Å². The molecule has 0 spiro atoms. The van der Waals surface area contributed by atoms with Gasteiger partial charge in [0.05, 0.1) is 13.2 Å². The summed E-state index contributed by atoms with van der Waals surface area (Å²) in [4.78, 5) is 26.0. The van der Waals surface area contributed by atoms with Gasteiger partial charge in [-0.3, -0.25) is 0 Å². The van der Waals surface area contributed by atoms with Crippen molar-refractivity contribution in [2.24, 2.45) is 0 Å². The first-order chi connectivity index (χ1) is 18.3. The highest BCUT2D eigenvalue weighted by Crippen LogP contribution is 2.24. The Morgan fingerprint density at radius 3 is 2.29 bits per heavy atom. The van der Waals surface area contributed by atoms with Gasteiger partial charge in [0, 0.05) is 35.7 Å². The van der Waals surface area contributed by atoms with Crippen LogP contribution in [0.25, 0.3) is 0 Å². The van der Waals surface area contributed by atoms with E-state index in [1.165, 1.54) is 0 Å². The van der Waals surface area contributed by atoms with E-state index in [-0.39, 0.29) is 18.5 Å². The lowest BCUT2D eigenvalue weighted by molar-refractivity contribution is -0.149. The normalized spacial score (nSPS) is 14.2. The highest BCUT2D eigenvalue weighted by molar-refractivity contribution is 6.34. The van der Waals surface area contributed by atoms with Crippen molar-refractivity contribution in [1.82, 2.24) is 10.2 Å². The van der Waals surface area contributed by atoms with Crippen LogP contribution in [0.15, 0.2) is 42.5 Å². The molecule has 1 atom stereocenters. The fourth-order valence-electron chi connectivity index (χ4n) is 4.34. The number of urea groups is 1. The molecule has 2 aromatic carbocycles. The summed E-state index contributed by atoms with van der Waals surface area (Å²) in [5.74, 6) is 0.256. The molecule has 2 N–H and O–H groups in total. The standard InChI is InChI=1S/C28H36Cl2N2O6/c1-2-36-26(27(33)34)16-20-8-10-24(11-9-20)38-15-13-32(28(35)31-23-6-3-4-7-23)12-5-14-37-25-18-21(29)17-22(30)19-25/h8-11,17-19,23,26H,2-7,12-16H2,1H3,(H,31,35)(H,33,34). The summed E-state index contributed by atoms with van der Waals surface area (Å²) in [6, 6.07) is 12.4. The van der Waals surface area contributed by atoms with Crippen LogP contribution in [0.4, 0.5) is 4.79 Å². The number of carboxylic acids is 1. The van der Waals surface area contributed by atoms with Gasteiger partial charge in [-0.2, -0.15) is 0 Å². The van der Waals surface area contributed by atoms with E-state index in [4.69, 9.17) is 37.4 Å². The second-order valence-electron chi connectivity index (χ2n) is 9.20. The summed E-state index contributed by atoms with van der Waals surface area (Å²) >= 11 is 12.1. The number of halogens is 2. The number of carboxylic acid groups (broad SMARTS) is 1. The van der Waals surface area contributed by atoms with Crippen LogP contribution in [0.2, 0.25) is 10.0 Å². The number of nitrogens with one attached hydrogen (secondary N) is 1. The Labute approximate surface area is 234 Å². The molecule has 0 saturated heterocycles. The summed E-state index contributed by atoms with van der Waals surface area (Å²) in [5, 5.41) is 13.4. The lowest BCUT2D eigenvalue weighted by atomic mass is 10.1. The maximum Gasteiger partial charge on any atom is 0.333 e. The van der Waals surface area contributed by atoms with E-state index in [9.17, 15) is 14.7 Å². The largest absolute Gasteiger partial charge is 0.493 e. The van der Waals surface area contributed by atoms with Crippen LogP contribution in [-0.2, 0) is 16.0 Å². The number of benzene rings is 2. The van der Waals surface area contributed by atoms with Gasteiger partial charge in [-0.05, 0) is 62.1 Å². The number of ether oxygens (including phenoxy) is 3. The van der Waals surface area contributed by atoms with Crippen LogP contribution in [0.3, 0.4) is 0 Å². The second kappa shape index (κ2) is 15.7. The molecule has 1 unspecified atom stereocenters. The fourth-order valence-corrected chi connectivity index (χ4v) is 4.84. The molecular weight excluding hydrogens is 531 g/mol. The fraction of sp³-hybridized carbons (Fsp3) is 0.500. The first kappa shape index (κ1) is 29.9. The Balaban J connectivity index is 1.49. The van der Waals surface area contributed by atoms with Crippen molar-refractivity contribution in [3.8, 4) is 11.5 Å². The second-order valence-corrected chi connectivity index (χ2v) is 10.1. The Morgan fingerprint density at radius 2 is 1.66 bits per heavy atom. The highest BCUT2D eigenvalue weighted by Gasteiger charge is 2.21. The number of rotatable bonds is 15. The predicted molar refractivity (Wildman–Crippen MR) is 148 cm³/mol. The third kappa shape index (κ3) is 10.2. The zero-order chi connectivity index (χ0) is 27.3. The van der Waals surface area contributed by atoms with Crippen molar-refractivity contribution in [2.45, 2.75) is 57.6 Å². The molecule has 0 bridgehead atoms. The third-order valence-electron chi connectivity index (χ3n) is 6.26. The highest BCUT2D eigenvalue weighted by atomic mass is 35.5. The van der Waals surface area contributed by atoms with Gasteiger partial charge in [0.2, 0.25) is 0 Å². The number of hydrogen-bond acceptors (Lipinski definition) is 5. The van der Waals surface area contributed by atoms with E-state index in [2.05, 4.69) is 5.32 Å².